The van der Waals surface area contributed by atoms with Gasteiger partial charge in [-0.1, -0.05) is 31.0 Å². The molecule has 2 rings (SSSR count). The van der Waals surface area contributed by atoms with Crippen LogP contribution in [-0.2, 0) is 11.3 Å². The molecule has 0 spiro atoms. The summed E-state index contributed by atoms with van der Waals surface area (Å²) >= 11 is 0. The largest absolute Gasteiger partial charge is 0.444 e. The zero-order valence-corrected chi connectivity index (χ0v) is 12.8. The summed E-state index contributed by atoms with van der Waals surface area (Å²) in [5, 5.41) is 2.87. The average Bonchev–Trinajstić information content (AvgIpc) is 3.02. The predicted octanol–water partition coefficient (Wildman–Crippen LogP) is 2.87. The summed E-state index contributed by atoms with van der Waals surface area (Å²) in [5.74, 6) is 0.628. The van der Waals surface area contributed by atoms with Gasteiger partial charge in [0.05, 0.1) is 12.2 Å². The van der Waals surface area contributed by atoms with E-state index in [0.29, 0.717) is 18.9 Å². The van der Waals surface area contributed by atoms with Crippen LogP contribution in [0.25, 0.3) is 11.5 Å². The molecule has 1 aromatic heterocycles. The molecular formula is C17H23N3O2. The van der Waals surface area contributed by atoms with Crippen molar-refractivity contribution in [3.8, 4) is 11.5 Å². The van der Waals surface area contributed by atoms with Gasteiger partial charge in [-0.15, -0.1) is 0 Å². The number of aromatic nitrogens is 1. The highest BCUT2D eigenvalue weighted by atomic mass is 16.3. The molecular weight excluding hydrogens is 278 g/mol. The first kappa shape index (κ1) is 16.2. The van der Waals surface area contributed by atoms with Gasteiger partial charge in [0.2, 0.25) is 11.8 Å². The fraction of sp³-hybridized carbons (Fsp3) is 0.412. The predicted molar refractivity (Wildman–Crippen MR) is 85.9 cm³/mol. The Morgan fingerprint density at radius 3 is 2.68 bits per heavy atom. The Bertz CT molecular complexity index is 566. The number of nitrogens with one attached hydrogen (secondary N) is 1. The number of nitrogens with two attached hydrogens (primary N) is 1. The Morgan fingerprint density at radius 2 is 1.91 bits per heavy atom. The summed E-state index contributed by atoms with van der Waals surface area (Å²) < 4.78 is 5.43. The molecule has 0 aliphatic heterocycles. The molecule has 118 valence electrons. The van der Waals surface area contributed by atoms with Gasteiger partial charge in [0.1, 0.15) is 6.26 Å². The molecule has 0 aliphatic rings. The van der Waals surface area contributed by atoms with Crippen molar-refractivity contribution in [3.05, 3.63) is 42.3 Å². The van der Waals surface area contributed by atoms with E-state index in [4.69, 9.17) is 10.2 Å². The minimum Gasteiger partial charge on any atom is -0.444 e. The minimum atomic E-state index is 0.0528. The summed E-state index contributed by atoms with van der Waals surface area (Å²) in [6.07, 6.45) is 6.21. The van der Waals surface area contributed by atoms with E-state index in [1.807, 2.05) is 30.3 Å². The van der Waals surface area contributed by atoms with E-state index < -0.39 is 0 Å². The van der Waals surface area contributed by atoms with Crippen LogP contribution in [0.15, 0.2) is 41.0 Å². The van der Waals surface area contributed by atoms with Crippen molar-refractivity contribution in [2.24, 2.45) is 5.73 Å². The van der Waals surface area contributed by atoms with Crippen LogP contribution < -0.4 is 11.1 Å². The summed E-state index contributed by atoms with van der Waals surface area (Å²) in [6.45, 7) is 1.13. The Hall–Kier alpha value is -2.14. The molecule has 0 saturated heterocycles. The van der Waals surface area contributed by atoms with Gasteiger partial charge in [0.25, 0.3) is 0 Å². The molecule has 5 nitrogen and oxygen atoms in total. The Labute approximate surface area is 130 Å². The van der Waals surface area contributed by atoms with E-state index in [1.165, 1.54) is 0 Å². The highest BCUT2D eigenvalue weighted by Crippen LogP contribution is 2.17. The molecule has 3 N–H and O–H groups in total. The molecule has 0 unspecified atom stereocenters. The number of unbranched alkanes of at least 4 members (excludes halogenated alkanes) is 3. The number of rotatable bonds is 9. The van der Waals surface area contributed by atoms with Crippen LogP contribution in [0.1, 0.15) is 37.8 Å². The van der Waals surface area contributed by atoms with Gasteiger partial charge in [-0.3, -0.25) is 4.79 Å². The zero-order valence-electron chi connectivity index (χ0n) is 12.8. The van der Waals surface area contributed by atoms with Gasteiger partial charge in [0.15, 0.2) is 0 Å². The molecule has 1 heterocycles. The first-order chi connectivity index (χ1) is 10.8. The summed E-state index contributed by atoms with van der Waals surface area (Å²) in [6, 6.07) is 9.70. The van der Waals surface area contributed by atoms with Crippen LogP contribution in [0.4, 0.5) is 0 Å². The molecule has 0 bridgehead atoms. The maximum atomic E-state index is 11.7. The average molecular weight is 301 g/mol. The maximum absolute atomic E-state index is 11.7. The summed E-state index contributed by atoms with van der Waals surface area (Å²) in [7, 11) is 0. The van der Waals surface area contributed by atoms with Gasteiger partial charge in [0, 0.05) is 12.0 Å². The maximum Gasteiger partial charge on any atom is 0.226 e. The number of hydrogen-bond acceptors (Lipinski definition) is 4. The number of oxazole rings is 1. The quantitative estimate of drug-likeness (QED) is 0.698. The monoisotopic (exact) mass is 301 g/mol. The second-order valence-corrected chi connectivity index (χ2v) is 5.24. The fourth-order valence-corrected chi connectivity index (χ4v) is 2.16. The number of hydrogen-bond donors (Lipinski definition) is 2. The molecule has 0 atom stereocenters. The summed E-state index contributed by atoms with van der Waals surface area (Å²) in [4.78, 5) is 16.1. The lowest BCUT2D eigenvalue weighted by molar-refractivity contribution is -0.121. The topological polar surface area (TPSA) is 81.2 Å². The fourth-order valence-electron chi connectivity index (χ4n) is 2.16. The normalized spacial score (nSPS) is 10.6. The van der Waals surface area contributed by atoms with Crippen molar-refractivity contribution in [2.75, 3.05) is 6.54 Å². The minimum absolute atomic E-state index is 0.0528. The van der Waals surface area contributed by atoms with Gasteiger partial charge < -0.3 is 15.5 Å². The van der Waals surface area contributed by atoms with Gasteiger partial charge >= 0.3 is 0 Å². The highest BCUT2D eigenvalue weighted by molar-refractivity contribution is 5.75. The Kier molecular flexibility index (Phi) is 6.64. The number of nitrogens with zero attached hydrogens (tertiary/aromatic N) is 1. The standard InChI is InChI=1S/C17H23N3O2/c18-11-7-2-1-6-10-16(21)19-12-15-13-22-17(20-15)14-8-4-3-5-9-14/h3-5,8-9,13H,1-2,6-7,10-12,18H2,(H,19,21). The third-order valence-corrected chi connectivity index (χ3v) is 3.40. The van der Waals surface area contributed by atoms with E-state index >= 15 is 0 Å². The molecule has 0 saturated carbocycles. The molecule has 0 fully saturated rings. The van der Waals surface area contributed by atoms with Crippen LogP contribution >= 0.6 is 0 Å². The van der Waals surface area contributed by atoms with Crippen LogP contribution in [0.3, 0.4) is 0 Å². The van der Waals surface area contributed by atoms with Crippen LogP contribution in [0.2, 0.25) is 0 Å². The summed E-state index contributed by atoms with van der Waals surface area (Å²) in [5.41, 5.74) is 7.09. The number of carbonyl (C=O) groups is 1. The van der Waals surface area contributed by atoms with E-state index in [0.717, 1.165) is 43.5 Å². The second kappa shape index (κ2) is 9.00. The van der Waals surface area contributed by atoms with E-state index in [1.54, 1.807) is 6.26 Å². The molecule has 5 heteroatoms. The van der Waals surface area contributed by atoms with Crippen LogP contribution in [0.5, 0.6) is 0 Å². The first-order valence-electron chi connectivity index (χ1n) is 7.76. The lowest BCUT2D eigenvalue weighted by Crippen LogP contribution is -2.22. The van der Waals surface area contributed by atoms with Gasteiger partial charge in [-0.2, -0.15) is 0 Å². The van der Waals surface area contributed by atoms with E-state index in [2.05, 4.69) is 10.3 Å². The van der Waals surface area contributed by atoms with E-state index in [9.17, 15) is 4.79 Å². The lowest BCUT2D eigenvalue weighted by Gasteiger charge is -2.02. The lowest BCUT2D eigenvalue weighted by atomic mass is 10.1. The van der Waals surface area contributed by atoms with Gasteiger partial charge in [-0.25, -0.2) is 4.98 Å². The van der Waals surface area contributed by atoms with Crippen molar-refractivity contribution < 1.29 is 9.21 Å². The van der Waals surface area contributed by atoms with Crippen molar-refractivity contribution in [2.45, 2.75) is 38.6 Å². The number of amides is 1. The van der Waals surface area contributed by atoms with Crippen molar-refractivity contribution >= 4 is 5.91 Å². The number of carbonyl (C=O) groups excluding carboxylic acids is 1. The highest BCUT2D eigenvalue weighted by Gasteiger charge is 2.07. The van der Waals surface area contributed by atoms with E-state index in [-0.39, 0.29) is 5.91 Å². The molecule has 1 amide bonds. The molecule has 22 heavy (non-hydrogen) atoms. The smallest absolute Gasteiger partial charge is 0.226 e. The Balaban J connectivity index is 1.71. The third-order valence-electron chi connectivity index (χ3n) is 3.40. The molecule has 0 aliphatic carbocycles. The molecule has 0 radical (unpaired) electrons. The van der Waals surface area contributed by atoms with Crippen molar-refractivity contribution in [1.82, 2.24) is 10.3 Å². The van der Waals surface area contributed by atoms with Gasteiger partial charge in [-0.05, 0) is 31.5 Å². The molecule has 2 aromatic rings. The SMILES string of the molecule is NCCCCCCC(=O)NCc1coc(-c2ccccc2)n1. The number of benzene rings is 1. The molecule has 1 aromatic carbocycles. The van der Waals surface area contributed by atoms with Crippen LogP contribution in [0, 0.1) is 0 Å². The second-order valence-electron chi connectivity index (χ2n) is 5.24. The Morgan fingerprint density at radius 1 is 1.14 bits per heavy atom. The van der Waals surface area contributed by atoms with Crippen molar-refractivity contribution in [3.63, 3.8) is 0 Å². The van der Waals surface area contributed by atoms with Crippen molar-refractivity contribution in [1.29, 1.82) is 0 Å². The zero-order chi connectivity index (χ0) is 15.6. The first-order valence-corrected chi connectivity index (χ1v) is 7.76. The van der Waals surface area contributed by atoms with Crippen LogP contribution in [-0.4, -0.2) is 17.4 Å². The third kappa shape index (κ3) is 5.33.